The Bertz CT molecular complexity index is 140. The molecule has 0 spiro atoms. The lowest BCUT2D eigenvalue weighted by Gasteiger charge is -1.86. The summed E-state index contributed by atoms with van der Waals surface area (Å²) in [5.74, 6) is -0.865. The van der Waals surface area contributed by atoms with Crippen LogP contribution >= 0.6 is 12.4 Å². The minimum atomic E-state index is -0.865. The number of hydrogen-bond donors (Lipinski definition) is 1. The van der Waals surface area contributed by atoms with Crippen molar-refractivity contribution < 1.29 is 14.7 Å². The van der Waals surface area contributed by atoms with Crippen LogP contribution in [0, 0.1) is 0 Å². The highest BCUT2D eigenvalue weighted by molar-refractivity contribution is 5.85. The van der Waals surface area contributed by atoms with Crippen molar-refractivity contribution in [3.05, 3.63) is 0 Å². The number of carbonyl (C=O) groups excluding carboxylic acids is 1. The van der Waals surface area contributed by atoms with Gasteiger partial charge in [0.05, 0.1) is 6.54 Å². The third-order valence-electron chi connectivity index (χ3n) is 0.725. The van der Waals surface area contributed by atoms with Gasteiger partial charge >= 0.3 is 5.97 Å². The van der Waals surface area contributed by atoms with Gasteiger partial charge in [0.15, 0.2) is 0 Å². The third kappa shape index (κ3) is 10.2. The van der Waals surface area contributed by atoms with Crippen molar-refractivity contribution in [3.8, 4) is 0 Å². The highest BCUT2D eigenvalue weighted by Crippen LogP contribution is 1.87. The summed E-state index contributed by atoms with van der Waals surface area (Å²) in [4.78, 5) is 22.4. The molecule has 0 aromatic carbocycles. The Morgan fingerprint density at radius 1 is 1.60 bits per heavy atom. The summed E-state index contributed by atoms with van der Waals surface area (Å²) in [5.41, 5.74) is 0. The summed E-state index contributed by atoms with van der Waals surface area (Å²) in [6.07, 6.45) is 1.79. The Kier molecular flexibility index (Phi) is 9.67. The summed E-state index contributed by atoms with van der Waals surface area (Å²) in [6, 6.07) is 0. The zero-order chi connectivity index (χ0) is 7.11. The van der Waals surface area contributed by atoms with Crippen molar-refractivity contribution in [3.63, 3.8) is 0 Å². The zero-order valence-electron chi connectivity index (χ0n) is 5.24. The monoisotopic (exact) mass is 165 g/mol. The maximum Gasteiger partial charge on any atom is 0.303 e. The molecule has 10 heavy (non-hydrogen) atoms. The van der Waals surface area contributed by atoms with Gasteiger partial charge in [-0.05, 0) is 6.42 Å². The average molecular weight is 166 g/mol. The molecule has 0 amide bonds. The summed E-state index contributed by atoms with van der Waals surface area (Å²) in [5, 5.41) is 8.07. The second-order valence-corrected chi connectivity index (χ2v) is 1.47. The molecule has 0 fully saturated rings. The molecule has 0 aliphatic heterocycles. The Labute approximate surface area is 64.4 Å². The number of carboxylic acid groups (broad SMARTS) is 1. The van der Waals surface area contributed by atoms with Crippen LogP contribution in [0.5, 0.6) is 0 Å². The van der Waals surface area contributed by atoms with E-state index >= 15 is 0 Å². The normalized spacial score (nSPS) is 7.20. The SMILES string of the molecule is Cl.O=C=NCCCC(=O)O. The number of carboxylic acids is 1. The first-order valence-electron chi connectivity index (χ1n) is 2.53. The molecule has 0 aliphatic rings. The molecular weight excluding hydrogens is 158 g/mol. The Balaban J connectivity index is 0. The Hall–Kier alpha value is -0.860. The molecule has 0 aromatic rings. The predicted octanol–water partition coefficient (Wildman–Crippen LogP) is 0.609. The van der Waals surface area contributed by atoms with Crippen molar-refractivity contribution in [1.82, 2.24) is 0 Å². The lowest BCUT2D eigenvalue weighted by molar-refractivity contribution is -0.137. The van der Waals surface area contributed by atoms with E-state index in [1.54, 1.807) is 0 Å². The number of hydrogen-bond acceptors (Lipinski definition) is 3. The van der Waals surface area contributed by atoms with E-state index in [4.69, 9.17) is 5.11 Å². The van der Waals surface area contributed by atoms with Crippen LogP contribution < -0.4 is 0 Å². The zero-order valence-corrected chi connectivity index (χ0v) is 6.06. The van der Waals surface area contributed by atoms with Crippen molar-refractivity contribution in [1.29, 1.82) is 0 Å². The van der Waals surface area contributed by atoms with Gasteiger partial charge in [-0.3, -0.25) is 4.79 Å². The molecule has 0 unspecified atom stereocenters. The molecule has 1 N–H and O–H groups in total. The molecular formula is C5H8ClNO3. The fraction of sp³-hybridized carbons (Fsp3) is 0.600. The maximum atomic E-state index is 9.82. The Morgan fingerprint density at radius 3 is 2.60 bits per heavy atom. The molecule has 0 aliphatic carbocycles. The van der Waals surface area contributed by atoms with E-state index in [2.05, 4.69) is 4.99 Å². The fourth-order valence-corrected chi connectivity index (χ4v) is 0.355. The van der Waals surface area contributed by atoms with Gasteiger partial charge < -0.3 is 5.11 Å². The smallest absolute Gasteiger partial charge is 0.303 e. The van der Waals surface area contributed by atoms with Crippen LogP contribution in [0.2, 0.25) is 0 Å². The van der Waals surface area contributed by atoms with E-state index in [1.165, 1.54) is 6.08 Å². The van der Waals surface area contributed by atoms with Crippen LogP contribution in [0.1, 0.15) is 12.8 Å². The van der Waals surface area contributed by atoms with Gasteiger partial charge in [0, 0.05) is 6.42 Å². The van der Waals surface area contributed by atoms with E-state index < -0.39 is 5.97 Å². The Morgan fingerprint density at radius 2 is 2.20 bits per heavy atom. The fourth-order valence-electron chi connectivity index (χ4n) is 0.355. The number of carbonyl (C=O) groups is 1. The quantitative estimate of drug-likeness (QED) is 0.377. The molecule has 5 heteroatoms. The van der Waals surface area contributed by atoms with Gasteiger partial charge in [-0.1, -0.05) is 0 Å². The summed E-state index contributed by atoms with van der Waals surface area (Å²) in [7, 11) is 0. The second-order valence-electron chi connectivity index (χ2n) is 1.47. The van der Waals surface area contributed by atoms with E-state index in [9.17, 15) is 9.59 Å². The highest BCUT2D eigenvalue weighted by Gasteiger charge is 1.93. The molecule has 0 heterocycles. The van der Waals surface area contributed by atoms with Gasteiger partial charge in [-0.2, -0.15) is 0 Å². The number of rotatable bonds is 4. The number of halogens is 1. The molecule has 0 saturated heterocycles. The molecule has 4 nitrogen and oxygen atoms in total. The van der Waals surface area contributed by atoms with Gasteiger partial charge in [-0.25, -0.2) is 9.79 Å². The lowest BCUT2D eigenvalue weighted by atomic mass is 10.3. The first-order chi connectivity index (χ1) is 4.27. The van der Waals surface area contributed by atoms with E-state index in [1.807, 2.05) is 0 Å². The summed E-state index contributed by atoms with van der Waals surface area (Å²) >= 11 is 0. The van der Waals surface area contributed by atoms with E-state index in [0.717, 1.165) is 0 Å². The first kappa shape index (κ1) is 11.9. The summed E-state index contributed by atoms with van der Waals surface area (Å²) < 4.78 is 0. The van der Waals surface area contributed by atoms with Gasteiger partial charge in [-0.15, -0.1) is 12.4 Å². The van der Waals surface area contributed by atoms with Gasteiger partial charge in [0.2, 0.25) is 6.08 Å². The number of nitrogens with zero attached hydrogens (tertiary/aromatic N) is 1. The third-order valence-corrected chi connectivity index (χ3v) is 0.725. The van der Waals surface area contributed by atoms with Gasteiger partial charge in [0.25, 0.3) is 0 Å². The highest BCUT2D eigenvalue weighted by atomic mass is 35.5. The van der Waals surface area contributed by atoms with Crippen LogP contribution in [0.3, 0.4) is 0 Å². The minimum Gasteiger partial charge on any atom is -0.481 e. The van der Waals surface area contributed by atoms with E-state index in [-0.39, 0.29) is 25.4 Å². The topological polar surface area (TPSA) is 66.7 Å². The second kappa shape index (κ2) is 8.14. The number of aliphatic carboxylic acids is 1. The molecule has 0 rings (SSSR count). The number of isocyanates is 1. The minimum absolute atomic E-state index is 0. The molecule has 58 valence electrons. The molecule has 0 aromatic heterocycles. The predicted molar refractivity (Wildman–Crippen MR) is 37.1 cm³/mol. The van der Waals surface area contributed by atoms with Crippen LogP contribution in [-0.2, 0) is 9.59 Å². The molecule has 0 radical (unpaired) electrons. The van der Waals surface area contributed by atoms with Crippen molar-refractivity contribution >= 4 is 24.5 Å². The van der Waals surface area contributed by atoms with Crippen molar-refractivity contribution in [2.45, 2.75) is 12.8 Å². The first-order valence-corrected chi connectivity index (χ1v) is 2.53. The molecule has 0 bridgehead atoms. The van der Waals surface area contributed by atoms with E-state index in [0.29, 0.717) is 6.42 Å². The molecule has 0 saturated carbocycles. The maximum absolute atomic E-state index is 9.82. The van der Waals surface area contributed by atoms with Crippen LogP contribution in [0.4, 0.5) is 0 Å². The van der Waals surface area contributed by atoms with Crippen molar-refractivity contribution in [2.24, 2.45) is 4.99 Å². The standard InChI is InChI=1S/C5H7NO3.ClH/c7-4-6-3-1-2-5(8)9;/h1-3H2,(H,8,9);1H. The van der Waals surface area contributed by atoms with Crippen LogP contribution in [0.15, 0.2) is 4.99 Å². The summed E-state index contributed by atoms with van der Waals surface area (Å²) in [6.45, 7) is 0.260. The molecule has 0 atom stereocenters. The van der Waals surface area contributed by atoms with Crippen molar-refractivity contribution in [2.75, 3.05) is 6.54 Å². The average Bonchev–Trinajstić information content (AvgIpc) is 1.80. The number of aliphatic imine (C=N–C) groups is 1. The van der Waals surface area contributed by atoms with Gasteiger partial charge in [0.1, 0.15) is 0 Å². The van der Waals surface area contributed by atoms with Crippen LogP contribution in [0.25, 0.3) is 0 Å². The van der Waals surface area contributed by atoms with Crippen LogP contribution in [-0.4, -0.2) is 23.7 Å². The lowest BCUT2D eigenvalue weighted by Crippen LogP contribution is -1.94. The largest absolute Gasteiger partial charge is 0.481 e.